The van der Waals surface area contributed by atoms with Crippen LogP contribution in [0.15, 0.2) is 16.6 Å². The predicted molar refractivity (Wildman–Crippen MR) is 77.6 cm³/mol. The molecule has 0 saturated heterocycles. The Kier molecular flexibility index (Phi) is 4.46. The van der Waals surface area contributed by atoms with Gasteiger partial charge in [-0.25, -0.2) is 8.78 Å². The van der Waals surface area contributed by atoms with Crippen molar-refractivity contribution in [3.05, 3.63) is 50.2 Å². The molecule has 0 fully saturated rings. The van der Waals surface area contributed by atoms with Crippen molar-refractivity contribution < 1.29 is 8.78 Å². The lowest BCUT2D eigenvalue weighted by Crippen LogP contribution is -2.18. The molecule has 1 unspecified atom stereocenters. The minimum absolute atomic E-state index is 0.150. The largest absolute Gasteiger partial charge is 0.323 e. The Morgan fingerprint density at radius 1 is 1.40 bits per heavy atom. The summed E-state index contributed by atoms with van der Waals surface area (Å²) in [4.78, 5) is 0. The molecular weight excluding hydrogens is 352 g/mol. The second-order valence-electron chi connectivity index (χ2n) is 4.56. The normalized spacial score (nSPS) is 12.8. The van der Waals surface area contributed by atoms with Gasteiger partial charge >= 0.3 is 0 Å². The monoisotopic (exact) mass is 363 g/mol. The van der Waals surface area contributed by atoms with Gasteiger partial charge in [0.2, 0.25) is 0 Å². The SMILES string of the molecule is Cc1nn(C)c(CC(N)c2c(F)cc(Br)cc2F)c1Cl. The summed E-state index contributed by atoms with van der Waals surface area (Å²) in [6, 6.07) is 1.54. The van der Waals surface area contributed by atoms with Crippen molar-refractivity contribution in [1.82, 2.24) is 9.78 Å². The van der Waals surface area contributed by atoms with Crippen LogP contribution >= 0.6 is 27.5 Å². The zero-order chi connectivity index (χ0) is 15.0. The lowest BCUT2D eigenvalue weighted by Gasteiger charge is -2.15. The van der Waals surface area contributed by atoms with Crippen LogP contribution in [0.1, 0.15) is 23.0 Å². The van der Waals surface area contributed by atoms with E-state index in [1.54, 1.807) is 18.7 Å². The summed E-state index contributed by atoms with van der Waals surface area (Å²) in [7, 11) is 1.72. The third-order valence-corrected chi connectivity index (χ3v) is 4.04. The molecule has 2 aromatic rings. The second-order valence-corrected chi connectivity index (χ2v) is 5.86. The van der Waals surface area contributed by atoms with Crippen LogP contribution in [0.4, 0.5) is 8.78 Å². The molecule has 0 aliphatic carbocycles. The number of hydrogen-bond acceptors (Lipinski definition) is 2. The van der Waals surface area contributed by atoms with Crippen LogP contribution in [0.2, 0.25) is 5.02 Å². The Morgan fingerprint density at radius 2 is 1.95 bits per heavy atom. The minimum atomic E-state index is -0.838. The fraction of sp³-hybridized carbons (Fsp3) is 0.308. The average Bonchev–Trinajstić information content (AvgIpc) is 2.54. The second kappa shape index (κ2) is 5.79. The molecule has 2 rings (SSSR count). The molecule has 0 amide bonds. The van der Waals surface area contributed by atoms with Crippen molar-refractivity contribution >= 4 is 27.5 Å². The molecule has 1 heterocycles. The fourth-order valence-corrected chi connectivity index (χ4v) is 2.76. The van der Waals surface area contributed by atoms with E-state index in [1.807, 2.05) is 0 Å². The number of nitrogens with two attached hydrogens (primary N) is 1. The van der Waals surface area contributed by atoms with Gasteiger partial charge in [0.25, 0.3) is 0 Å². The highest BCUT2D eigenvalue weighted by molar-refractivity contribution is 9.10. The number of aryl methyl sites for hydroxylation is 2. The lowest BCUT2D eigenvalue weighted by atomic mass is 10.0. The van der Waals surface area contributed by atoms with Gasteiger partial charge in [-0.1, -0.05) is 27.5 Å². The Hall–Kier alpha value is -0.980. The fourth-order valence-electron chi connectivity index (χ4n) is 2.12. The van der Waals surface area contributed by atoms with Crippen molar-refractivity contribution in [3.8, 4) is 0 Å². The lowest BCUT2D eigenvalue weighted by molar-refractivity contribution is 0.517. The van der Waals surface area contributed by atoms with E-state index < -0.39 is 17.7 Å². The number of halogens is 4. The van der Waals surface area contributed by atoms with Crippen LogP contribution in [0.5, 0.6) is 0 Å². The number of benzene rings is 1. The van der Waals surface area contributed by atoms with E-state index in [2.05, 4.69) is 21.0 Å². The standard InChI is InChI=1S/C13H13BrClF2N3/c1-6-13(15)11(20(2)19-6)5-10(18)12-8(16)3-7(14)4-9(12)17/h3-4,10H,5,18H2,1-2H3. The van der Waals surface area contributed by atoms with Gasteiger partial charge in [0, 0.05) is 29.5 Å². The number of rotatable bonds is 3. The summed E-state index contributed by atoms with van der Waals surface area (Å²) in [6.07, 6.45) is 0.200. The van der Waals surface area contributed by atoms with Crippen molar-refractivity contribution in [2.24, 2.45) is 12.8 Å². The van der Waals surface area contributed by atoms with Gasteiger partial charge in [0.05, 0.1) is 16.4 Å². The van der Waals surface area contributed by atoms with E-state index in [-0.39, 0.29) is 12.0 Å². The van der Waals surface area contributed by atoms with Crippen LogP contribution in [-0.2, 0) is 13.5 Å². The molecule has 0 saturated carbocycles. The van der Waals surface area contributed by atoms with E-state index in [4.69, 9.17) is 17.3 Å². The smallest absolute Gasteiger partial charge is 0.132 e. The van der Waals surface area contributed by atoms with Crippen LogP contribution in [0, 0.1) is 18.6 Å². The van der Waals surface area contributed by atoms with Gasteiger partial charge < -0.3 is 5.73 Å². The molecule has 1 aromatic heterocycles. The summed E-state index contributed by atoms with van der Waals surface area (Å²) < 4.78 is 29.6. The Balaban J connectivity index is 2.36. The van der Waals surface area contributed by atoms with Crippen molar-refractivity contribution in [2.45, 2.75) is 19.4 Å². The average molecular weight is 365 g/mol. The first-order valence-corrected chi connectivity index (χ1v) is 7.06. The topological polar surface area (TPSA) is 43.8 Å². The third-order valence-electron chi connectivity index (χ3n) is 3.09. The zero-order valence-electron chi connectivity index (χ0n) is 10.9. The summed E-state index contributed by atoms with van der Waals surface area (Å²) >= 11 is 9.15. The molecule has 20 heavy (non-hydrogen) atoms. The first-order chi connectivity index (χ1) is 9.31. The zero-order valence-corrected chi connectivity index (χ0v) is 13.3. The van der Waals surface area contributed by atoms with Gasteiger partial charge in [-0.2, -0.15) is 5.10 Å². The highest BCUT2D eigenvalue weighted by atomic mass is 79.9. The molecule has 0 aliphatic rings. The Bertz CT molecular complexity index is 634. The Morgan fingerprint density at radius 3 is 2.40 bits per heavy atom. The van der Waals surface area contributed by atoms with E-state index in [0.717, 1.165) is 0 Å². The quantitative estimate of drug-likeness (QED) is 0.903. The van der Waals surface area contributed by atoms with Crippen LogP contribution < -0.4 is 5.73 Å². The van der Waals surface area contributed by atoms with Crippen LogP contribution in [0.3, 0.4) is 0 Å². The van der Waals surface area contributed by atoms with Crippen molar-refractivity contribution in [1.29, 1.82) is 0 Å². The molecule has 2 N–H and O–H groups in total. The van der Waals surface area contributed by atoms with E-state index in [0.29, 0.717) is 20.9 Å². The minimum Gasteiger partial charge on any atom is -0.323 e. The van der Waals surface area contributed by atoms with Gasteiger partial charge in [0.15, 0.2) is 0 Å². The maximum Gasteiger partial charge on any atom is 0.132 e. The van der Waals surface area contributed by atoms with Gasteiger partial charge in [-0.3, -0.25) is 4.68 Å². The molecule has 0 spiro atoms. The van der Waals surface area contributed by atoms with E-state index in [1.165, 1.54) is 12.1 Å². The number of hydrogen-bond donors (Lipinski definition) is 1. The number of nitrogens with zero attached hydrogens (tertiary/aromatic N) is 2. The maximum atomic E-state index is 13.9. The maximum absolute atomic E-state index is 13.9. The molecule has 0 radical (unpaired) electrons. The van der Waals surface area contributed by atoms with E-state index >= 15 is 0 Å². The van der Waals surface area contributed by atoms with Crippen molar-refractivity contribution in [2.75, 3.05) is 0 Å². The molecule has 1 atom stereocenters. The Labute approximate surface area is 128 Å². The molecule has 7 heteroatoms. The third kappa shape index (κ3) is 2.87. The number of aromatic nitrogens is 2. The molecule has 0 aliphatic heterocycles. The summed E-state index contributed by atoms with van der Waals surface area (Å²) in [5, 5.41) is 4.62. The van der Waals surface area contributed by atoms with E-state index in [9.17, 15) is 8.78 Å². The molecule has 0 bridgehead atoms. The van der Waals surface area contributed by atoms with Gasteiger partial charge in [-0.15, -0.1) is 0 Å². The summed E-state index contributed by atoms with van der Waals surface area (Å²) in [5.41, 5.74) is 7.09. The molecular formula is C13H13BrClF2N3. The first kappa shape index (κ1) is 15.4. The molecule has 3 nitrogen and oxygen atoms in total. The predicted octanol–water partition coefficient (Wildman–Crippen LogP) is 3.67. The van der Waals surface area contributed by atoms with Crippen LogP contribution in [0.25, 0.3) is 0 Å². The van der Waals surface area contributed by atoms with Gasteiger partial charge in [-0.05, 0) is 19.1 Å². The van der Waals surface area contributed by atoms with Crippen LogP contribution in [-0.4, -0.2) is 9.78 Å². The first-order valence-electron chi connectivity index (χ1n) is 5.89. The highest BCUT2D eigenvalue weighted by Crippen LogP contribution is 2.28. The highest BCUT2D eigenvalue weighted by Gasteiger charge is 2.21. The summed E-state index contributed by atoms with van der Waals surface area (Å²) in [6.45, 7) is 1.76. The van der Waals surface area contributed by atoms with Crippen molar-refractivity contribution in [3.63, 3.8) is 0 Å². The summed E-state index contributed by atoms with van der Waals surface area (Å²) in [5.74, 6) is -1.36. The molecule has 1 aromatic carbocycles. The molecule has 108 valence electrons. The van der Waals surface area contributed by atoms with Gasteiger partial charge in [0.1, 0.15) is 11.6 Å².